The second kappa shape index (κ2) is 7.23. The van der Waals surface area contributed by atoms with Gasteiger partial charge in [-0.15, -0.1) is 0 Å². The minimum Gasteiger partial charge on any atom is -0.0848 e. The van der Waals surface area contributed by atoms with Crippen LogP contribution in [0, 0.1) is 0 Å². The highest BCUT2D eigenvalue weighted by Crippen LogP contribution is 2.84. The summed E-state index contributed by atoms with van der Waals surface area (Å²) in [5, 5.41) is 1.54. The minimum absolute atomic E-state index is 0.130. The molecule has 0 aliphatic carbocycles. The van der Waals surface area contributed by atoms with Crippen molar-refractivity contribution in [3.05, 3.63) is 0 Å². The van der Waals surface area contributed by atoms with Crippen LogP contribution in [0.15, 0.2) is 0 Å². The largest absolute Gasteiger partial charge is 0.0848 e. The maximum absolute atomic E-state index is 2.50. The molecule has 0 unspecified atom stereocenters. The molecule has 0 saturated heterocycles. The predicted octanol–water partition coefficient (Wildman–Crippen LogP) is 8.66. The van der Waals surface area contributed by atoms with Crippen molar-refractivity contribution in [2.24, 2.45) is 0 Å². The van der Waals surface area contributed by atoms with Crippen LogP contribution in [0.4, 0.5) is 0 Å². The van der Waals surface area contributed by atoms with Crippen LogP contribution in [0.5, 0.6) is 0 Å². The summed E-state index contributed by atoms with van der Waals surface area (Å²) in [5.74, 6) is 0. The van der Waals surface area contributed by atoms with Gasteiger partial charge in [0.15, 0.2) is 0 Å². The monoisotopic (exact) mass is 360 g/mol. The fourth-order valence-electron chi connectivity index (χ4n) is 5.49. The van der Waals surface area contributed by atoms with E-state index in [9.17, 15) is 0 Å². The van der Waals surface area contributed by atoms with Crippen molar-refractivity contribution in [3.8, 4) is 0 Å². The zero-order valence-corrected chi connectivity index (χ0v) is 20.6. The molecule has 0 aromatic carbocycles. The summed E-state index contributed by atoms with van der Waals surface area (Å²) in [6, 6.07) is 0. The van der Waals surface area contributed by atoms with Gasteiger partial charge in [0.1, 0.15) is 0 Å². The molecule has 0 aliphatic rings. The normalized spacial score (nSPS) is 15.7. The van der Waals surface area contributed by atoms with Crippen LogP contribution in [-0.2, 0) is 0 Å². The molecule has 0 atom stereocenters. The lowest BCUT2D eigenvalue weighted by molar-refractivity contribution is 0.591. The predicted molar refractivity (Wildman–Crippen MR) is 116 cm³/mol. The molecule has 0 rings (SSSR count). The van der Waals surface area contributed by atoms with Gasteiger partial charge >= 0.3 is 0 Å². The lowest BCUT2D eigenvalue weighted by atomic mass is 10.2. The Hall–Kier alpha value is 0.860. The first kappa shape index (κ1) is 23.9. The van der Waals surface area contributed by atoms with Gasteiger partial charge in [0.25, 0.3) is 0 Å². The van der Waals surface area contributed by atoms with E-state index in [-0.39, 0.29) is 15.8 Å². The third-order valence-corrected chi connectivity index (χ3v) is 14.1. The zero-order chi connectivity index (χ0) is 19.1. The molecule has 0 spiro atoms. The van der Waals surface area contributed by atoms with E-state index in [2.05, 4.69) is 96.9 Å². The van der Waals surface area contributed by atoms with Gasteiger partial charge in [0, 0.05) is 4.90 Å². The molecule has 0 aliphatic heterocycles. The van der Waals surface area contributed by atoms with Gasteiger partial charge in [-0.3, -0.25) is 0 Å². The summed E-state index contributed by atoms with van der Waals surface area (Å²) in [4.78, 5) is 0.484. The van der Waals surface area contributed by atoms with E-state index in [4.69, 9.17) is 0 Å². The summed E-state index contributed by atoms with van der Waals surface area (Å²) in [7, 11) is -0.260. The van der Waals surface area contributed by atoms with Crippen molar-refractivity contribution in [1.29, 1.82) is 0 Å². The molecule has 0 aromatic heterocycles. The molecular formula is C21H46P2. The Morgan fingerprint density at radius 2 is 0.609 bits per heavy atom. The summed E-state index contributed by atoms with van der Waals surface area (Å²) in [6.45, 7) is 35.0. The van der Waals surface area contributed by atoms with Crippen molar-refractivity contribution in [2.75, 3.05) is 0 Å². The average Bonchev–Trinajstić information content (AvgIpc) is 2.19. The molecule has 140 valence electrons. The number of hydrogen-bond acceptors (Lipinski definition) is 0. The lowest BCUT2D eigenvalue weighted by Gasteiger charge is -2.63. The Balaban J connectivity index is 6.68. The Kier molecular flexibility index (Phi) is 7.50. The van der Waals surface area contributed by atoms with Gasteiger partial charge in [0.05, 0.1) is 0 Å². The minimum atomic E-state index is -0.130. The van der Waals surface area contributed by atoms with Crippen LogP contribution in [0.25, 0.3) is 0 Å². The fraction of sp³-hybridized carbons (Fsp3) is 1.00. The van der Waals surface area contributed by atoms with Gasteiger partial charge in [-0.1, -0.05) is 113 Å². The van der Waals surface area contributed by atoms with Crippen LogP contribution in [-0.4, -0.2) is 25.5 Å². The smallest absolute Gasteiger partial charge is 0.0120 e. The number of hydrogen-bond donors (Lipinski definition) is 0. The third-order valence-electron chi connectivity index (χ3n) is 4.65. The molecule has 0 saturated carbocycles. The first-order valence-electron chi connectivity index (χ1n) is 9.46. The topological polar surface area (TPSA) is 0 Å². The van der Waals surface area contributed by atoms with Crippen molar-refractivity contribution in [2.45, 2.75) is 135 Å². The molecule has 0 nitrogen and oxygen atoms in total. The van der Waals surface area contributed by atoms with Crippen LogP contribution in [0.2, 0.25) is 0 Å². The van der Waals surface area contributed by atoms with Crippen molar-refractivity contribution in [3.63, 3.8) is 0 Å². The van der Waals surface area contributed by atoms with Gasteiger partial charge in [-0.25, -0.2) is 0 Å². The van der Waals surface area contributed by atoms with Crippen molar-refractivity contribution >= 4 is 15.8 Å². The van der Waals surface area contributed by atoms with Crippen LogP contribution in [0.3, 0.4) is 0 Å². The van der Waals surface area contributed by atoms with Gasteiger partial charge < -0.3 is 0 Å². The lowest BCUT2D eigenvalue weighted by Crippen LogP contribution is -2.45. The molecule has 0 fully saturated rings. The summed E-state index contributed by atoms with van der Waals surface area (Å²) >= 11 is 0. The van der Waals surface area contributed by atoms with E-state index in [0.29, 0.717) is 25.5 Å². The number of rotatable bonds is 4. The summed E-state index contributed by atoms with van der Waals surface area (Å²) in [5.41, 5.74) is 0. The Morgan fingerprint density at radius 1 is 0.435 bits per heavy atom. The quantitative estimate of drug-likeness (QED) is 0.440. The van der Waals surface area contributed by atoms with Gasteiger partial charge in [0.2, 0.25) is 0 Å². The van der Waals surface area contributed by atoms with E-state index >= 15 is 0 Å². The maximum atomic E-state index is 2.50. The molecule has 2 heteroatoms. The summed E-state index contributed by atoms with van der Waals surface area (Å²) < 4.78 is 0. The molecule has 0 radical (unpaired) electrons. The fourth-order valence-corrected chi connectivity index (χ4v) is 20.2. The standard InChI is InChI=1S/C21H46P2/c1-15-21(16-2,22(17(3,4)5)18(6,7)8)23(19(9,10)11)20(12,13)14/h15-16H2,1-14H3. The van der Waals surface area contributed by atoms with Crippen molar-refractivity contribution in [1.82, 2.24) is 0 Å². The molecule has 23 heavy (non-hydrogen) atoms. The Labute approximate surface area is 151 Å². The van der Waals surface area contributed by atoms with Gasteiger partial charge in [-0.2, -0.15) is 0 Å². The zero-order valence-electron chi connectivity index (χ0n) is 18.8. The third kappa shape index (κ3) is 5.42. The Bertz CT molecular complexity index is 303. The van der Waals surface area contributed by atoms with E-state index in [1.54, 1.807) is 0 Å². The maximum Gasteiger partial charge on any atom is 0.0120 e. The van der Waals surface area contributed by atoms with Crippen LogP contribution < -0.4 is 0 Å². The molecule has 0 bridgehead atoms. The van der Waals surface area contributed by atoms with Crippen LogP contribution >= 0.6 is 15.8 Å². The molecule has 0 heterocycles. The SMILES string of the molecule is CCC(CC)(P(C(C)(C)C)C(C)(C)C)P(C(C)(C)C)C(C)(C)C. The van der Waals surface area contributed by atoms with Gasteiger partial charge in [-0.05, 0) is 33.5 Å². The second-order valence-electron chi connectivity index (χ2n) is 11.0. The van der Waals surface area contributed by atoms with E-state index in [1.165, 1.54) is 12.8 Å². The average molecular weight is 361 g/mol. The van der Waals surface area contributed by atoms with E-state index in [1.807, 2.05) is 0 Å². The molecular weight excluding hydrogens is 314 g/mol. The highest BCUT2D eigenvalue weighted by Gasteiger charge is 2.56. The van der Waals surface area contributed by atoms with Crippen LogP contribution in [0.1, 0.15) is 110 Å². The Morgan fingerprint density at radius 3 is 0.696 bits per heavy atom. The summed E-state index contributed by atoms with van der Waals surface area (Å²) in [6.07, 6.45) is 2.65. The van der Waals surface area contributed by atoms with E-state index < -0.39 is 0 Å². The second-order valence-corrected chi connectivity index (χ2v) is 19.8. The first-order valence-corrected chi connectivity index (χ1v) is 12.1. The molecule has 0 aromatic rings. The first-order chi connectivity index (χ1) is 9.85. The highest BCUT2D eigenvalue weighted by atomic mass is 31.2. The van der Waals surface area contributed by atoms with Crippen molar-refractivity contribution < 1.29 is 0 Å². The highest BCUT2D eigenvalue weighted by molar-refractivity contribution is 7.80. The molecule has 0 N–H and O–H groups in total. The van der Waals surface area contributed by atoms with E-state index in [0.717, 1.165) is 0 Å². The molecule has 0 amide bonds.